The molecule has 0 aromatic carbocycles. The number of alkyl halides is 1. The van der Waals surface area contributed by atoms with Crippen LogP contribution in [0.15, 0.2) is 0 Å². The van der Waals surface area contributed by atoms with Gasteiger partial charge < -0.3 is 5.32 Å². The molecule has 0 bridgehead atoms. The van der Waals surface area contributed by atoms with Crippen LogP contribution in [-0.2, 0) is 4.79 Å². The SMILES string of the molecule is CC(C)CNC(=O)C1(F)CCCCC1. The van der Waals surface area contributed by atoms with Gasteiger partial charge in [0, 0.05) is 6.54 Å². The van der Waals surface area contributed by atoms with Gasteiger partial charge in [0.25, 0.3) is 5.91 Å². The number of nitrogens with one attached hydrogen (secondary N) is 1. The molecule has 1 saturated carbocycles. The highest BCUT2D eigenvalue weighted by atomic mass is 19.1. The minimum Gasteiger partial charge on any atom is -0.353 e. The molecule has 14 heavy (non-hydrogen) atoms. The molecule has 0 aromatic heterocycles. The van der Waals surface area contributed by atoms with Gasteiger partial charge in [0.1, 0.15) is 0 Å². The van der Waals surface area contributed by atoms with Crippen LogP contribution in [0.5, 0.6) is 0 Å². The highest BCUT2D eigenvalue weighted by Crippen LogP contribution is 2.31. The second-order valence-electron chi connectivity index (χ2n) is 4.63. The van der Waals surface area contributed by atoms with Crippen molar-refractivity contribution in [2.24, 2.45) is 5.92 Å². The Bertz CT molecular complexity index is 197. The van der Waals surface area contributed by atoms with Crippen LogP contribution in [0.3, 0.4) is 0 Å². The Balaban J connectivity index is 2.41. The molecule has 0 aromatic rings. The zero-order chi connectivity index (χ0) is 10.6. The van der Waals surface area contributed by atoms with Crippen LogP contribution in [-0.4, -0.2) is 18.1 Å². The normalized spacial score (nSPS) is 20.9. The third-order valence-corrected chi connectivity index (χ3v) is 2.72. The van der Waals surface area contributed by atoms with Crippen molar-refractivity contribution in [3.63, 3.8) is 0 Å². The second-order valence-corrected chi connectivity index (χ2v) is 4.63. The molecule has 0 atom stereocenters. The Labute approximate surface area is 85.3 Å². The topological polar surface area (TPSA) is 29.1 Å². The lowest BCUT2D eigenvalue weighted by Gasteiger charge is -2.28. The highest BCUT2D eigenvalue weighted by molar-refractivity contribution is 5.85. The van der Waals surface area contributed by atoms with Gasteiger partial charge in [0.05, 0.1) is 0 Å². The van der Waals surface area contributed by atoms with E-state index in [0.29, 0.717) is 25.3 Å². The van der Waals surface area contributed by atoms with Crippen molar-refractivity contribution < 1.29 is 9.18 Å². The first kappa shape index (κ1) is 11.5. The highest BCUT2D eigenvalue weighted by Gasteiger charge is 2.39. The van der Waals surface area contributed by atoms with E-state index in [-0.39, 0.29) is 0 Å². The number of amides is 1. The van der Waals surface area contributed by atoms with Crippen LogP contribution in [0.25, 0.3) is 0 Å². The van der Waals surface area contributed by atoms with E-state index in [0.717, 1.165) is 19.3 Å². The zero-order valence-electron chi connectivity index (χ0n) is 9.11. The maximum atomic E-state index is 14.0. The molecule has 1 aliphatic carbocycles. The number of rotatable bonds is 3. The Morgan fingerprint density at radius 3 is 2.43 bits per heavy atom. The Hall–Kier alpha value is -0.600. The quantitative estimate of drug-likeness (QED) is 0.746. The average Bonchev–Trinajstić information content (AvgIpc) is 2.15. The Morgan fingerprint density at radius 1 is 1.36 bits per heavy atom. The van der Waals surface area contributed by atoms with E-state index in [9.17, 15) is 9.18 Å². The van der Waals surface area contributed by atoms with Crippen LogP contribution in [0.1, 0.15) is 46.0 Å². The molecule has 1 amide bonds. The average molecular weight is 201 g/mol. The summed E-state index contributed by atoms with van der Waals surface area (Å²) in [4.78, 5) is 11.5. The smallest absolute Gasteiger partial charge is 0.257 e. The van der Waals surface area contributed by atoms with E-state index in [1.165, 1.54) is 0 Å². The van der Waals surface area contributed by atoms with E-state index in [1.807, 2.05) is 13.8 Å². The summed E-state index contributed by atoms with van der Waals surface area (Å²) >= 11 is 0. The molecular weight excluding hydrogens is 181 g/mol. The summed E-state index contributed by atoms with van der Waals surface area (Å²) in [6.07, 6.45) is 3.54. The maximum Gasteiger partial charge on any atom is 0.257 e. The molecule has 1 N–H and O–H groups in total. The Kier molecular flexibility index (Phi) is 3.90. The summed E-state index contributed by atoms with van der Waals surface area (Å²) in [5.74, 6) is -0.0166. The Morgan fingerprint density at radius 2 is 1.93 bits per heavy atom. The molecule has 0 radical (unpaired) electrons. The van der Waals surface area contributed by atoms with E-state index >= 15 is 0 Å². The molecule has 0 aliphatic heterocycles. The van der Waals surface area contributed by atoms with Crippen LogP contribution in [0, 0.1) is 5.92 Å². The summed E-state index contributed by atoms with van der Waals surface area (Å²) in [5, 5.41) is 2.68. The van der Waals surface area contributed by atoms with Crippen molar-refractivity contribution in [3.05, 3.63) is 0 Å². The number of halogens is 1. The van der Waals surface area contributed by atoms with Crippen molar-refractivity contribution in [1.29, 1.82) is 0 Å². The van der Waals surface area contributed by atoms with Gasteiger partial charge in [-0.3, -0.25) is 4.79 Å². The standard InChI is InChI=1S/C11H20FNO/c1-9(2)8-13-10(14)11(12)6-4-3-5-7-11/h9H,3-8H2,1-2H3,(H,13,14). The minimum absolute atomic E-state index is 0.381. The fourth-order valence-corrected chi connectivity index (χ4v) is 1.79. The van der Waals surface area contributed by atoms with Gasteiger partial charge in [-0.25, -0.2) is 4.39 Å². The molecule has 82 valence electrons. The van der Waals surface area contributed by atoms with Gasteiger partial charge in [0.15, 0.2) is 5.67 Å². The second kappa shape index (κ2) is 4.76. The predicted octanol–water partition coefficient (Wildman–Crippen LogP) is 2.43. The zero-order valence-corrected chi connectivity index (χ0v) is 9.11. The minimum atomic E-state index is -1.58. The third-order valence-electron chi connectivity index (χ3n) is 2.72. The van der Waals surface area contributed by atoms with Crippen molar-refractivity contribution >= 4 is 5.91 Å². The molecule has 2 nitrogen and oxygen atoms in total. The molecule has 1 rings (SSSR count). The van der Waals surface area contributed by atoms with Gasteiger partial charge in [-0.05, 0) is 31.6 Å². The fourth-order valence-electron chi connectivity index (χ4n) is 1.79. The number of hydrogen-bond donors (Lipinski definition) is 1. The lowest BCUT2D eigenvalue weighted by atomic mass is 9.85. The molecule has 0 unspecified atom stereocenters. The van der Waals surface area contributed by atoms with Crippen LogP contribution in [0.2, 0.25) is 0 Å². The van der Waals surface area contributed by atoms with Gasteiger partial charge in [-0.15, -0.1) is 0 Å². The first-order valence-corrected chi connectivity index (χ1v) is 5.52. The van der Waals surface area contributed by atoms with Gasteiger partial charge in [0.2, 0.25) is 0 Å². The molecule has 3 heteroatoms. The molecule has 0 saturated heterocycles. The lowest BCUT2D eigenvalue weighted by Crippen LogP contribution is -2.45. The summed E-state index contributed by atoms with van der Waals surface area (Å²) in [6, 6.07) is 0. The number of hydrogen-bond acceptors (Lipinski definition) is 1. The van der Waals surface area contributed by atoms with Crippen LogP contribution < -0.4 is 5.32 Å². The number of carbonyl (C=O) groups is 1. The molecule has 1 fully saturated rings. The van der Waals surface area contributed by atoms with E-state index < -0.39 is 11.6 Å². The van der Waals surface area contributed by atoms with Crippen LogP contribution >= 0.6 is 0 Å². The first-order valence-electron chi connectivity index (χ1n) is 5.52. The van der Waals surface area contributed by atoms with Gasteiger partial charge in [-0.1, -0.05) is 20.3 Å². The molecule has 0 heterocycles. The van der Waals surface area contributed by atoms with Gasteiger partial charge in [-0.2, -0.15) is 0 Å². The third kappa shape index (κ3) is 2.96. The van der Waals surface area contributed by atoms with Crippen molar-refractivity contribution in [2.75, 3.05) is 6.54 Å². The molecule has 1 aliphatic rings. The fraction of sp³-hybridized carbons (Fsp3) is 0.909. The van der Waals surface area contributed by atoms with Crippen molar-refractivity contribution in [3.8, 4) is 0 Å². The van der Waals surface area contributed by atoms with Crippen molar-refractivity contribution in [2.45, 2.75) is 51.6 Å². The van der Waals surface area contributed by atoms with Crippen LogP contribution in [0.4, 0.5) is 4.39 Å². The summed E-state index contributed by atoms with van der Waals surface area (Å²) in [6.45, 7) is 4.59. The van der Waals surface area contributed by atoms with E-state index in [4.69, 9.17) is 0 Å². The van der Waals surface area contributed by atoms with E-state index in [2.05, 4.69) is 5.32 Å². The van der Waals surface area contributed by atoms with E-state index in [1.54, 1.807) is 0 Å². The summed E-state index contributed by atoms with van der Waals surface area (Å²) in [5.41, 5.74) is -1.58. The predicted molar refractivity (Wildman–Crippen MR) is 54.8 cm³/mol. The monoisotopic (exact) mass is 201 g/mol. The first-order chi connectivity index (χ1) is 6.54. The molecular formula is C11H20FNO. The van der Waals surface area contributed by atoms with Gasteiger partial charge >= 0.3 is 0 Å². The summed E-state index contributed by atoms with van der Waals surface area (Å²) < 4.78 is 14.0. The number of carbonyl (C=O) groups excluding carboxylic acids is 1. The largest absolute Gasteiger partial charge is 0.353 e. The van der Waals surface area contributed by atoms with Crippen molar-refractivity contribution in [1.82, 2.24) is 5.32 Å². The lowest BCUT2D eigenvalue weighted by molar-refractivity contribution is -0.135. The molecule has 0 spiro atoms. The maximum absolute atomic E-state index is 14.0. The summed E-state index contributed by atoms with van der Waals surface area (Å²) in [7, 11) is 0.